The summed E-state index contributed by atoms with van der Waals surface area (Å²) in [6.07, 6.45) is -2.59. The fraction of sp³-hybridized carbons (Fsp3) is 0.800. The molecule has 234 valence electrons. The van der Waals surface area contributed by atoms with E-state index < -0.39 is 34.9 Å². The van der Waals surface area contributed by atoms with Crippen molar-refractivity contribution in [2.45, 2.75) is 66.6 Å². The van der Waals surface area contributed by atoms with Crippen LogP contribution in [-0.2, 0) is 24.0 Å². The molecule has 4 amide bonds. The first-order valence-corrected chi connectivity index (χ1v) is 15.4. The monoisotopic (exact) mass is 612 g/mol. The summed E-state index contributed by atoms with van der Waals surface area (Å²) in [7, 11) is 3.07. The molecule has 15 heteroatoms. The first kappa shape index (κ1) is 40.2. The predicted octanol–water partition coefficient (Wildman–Crippen LogP) is -1.03. The third kappa shape index (κ3) is 20.0. The Morgan fingerprint density at radius 2 is 0.925 bits per heavy atom. The van der Waals surface area contributed by atoms with Crippen molar-refractivity contribution < 1.29 is 44.4 Å². The maximum atomic E-state index is 11.8. The SMILES string of the molecule is CC(C)(CO)C(O)C(=O)NCCC(=O)NCCSSCCNC(=O)CCNC(=O)C(O)C(C)(C)CO.CC(C)=O. The molecule has 0 spiro atoms. The van der Waals surface area contributed by atoms with E-state index in [-0.39, 0.29) is 56.7 Å². The maximum Gasteiger partial charge on any atom is 0.249 e. The Morgan fingerprint density at radius 3 is 1.20 bits per heavy atom. The summed E-state index contributed by atoms with van der Waals surface area (Å²) in [4.78, 5) is 56.7. The van der Waals surface area contributed by atoms with Crippen LogP contribution in [0, 0.1) is 10.8 Å². The van der Waals surface area contributed by atoms with E-state index in [4.69, 9.17) is 0 Å². The van der Waals surface area contributed by atoms with Crippen LogP contribution in [0.2, 0.25) is 0 Å². The molecule has 13 nitrogen and oxygen atoms in total. The average molecular weight is 613 g/mol. The van der Waals surface area contributed by atoms with Crippen LogP contribution >= 0.6 is 21.6 Å². The van der Waals surface area contributed by atoms with Crippen molar-refractivity contribution in [3.05, 3.63) is 0 Å². The second-order valence-corrected chi connectivity index (χ2v) is 13.1. The van der Waals surface area contributed by atoms with E-state index in [0.717, 1.165) is 0 Å². The average Bonchev–Trinajstić information content (AvgIpc) is 2.88. The largest absolute Gasteiger partial charge is 0.396 e. The van der Waals surface area contributed by atoms with Gasteiger partial charge in [-0.1, -0.05) is 49.3 Å². The number of nitrogens with one attached hydrogen (secondary N) is 4. The zero-order valence-corrected chi connectivity index (χ0v) is 26.0. The maximum absolute atomic E-state index is 11.8. The molecule has 0 fully saturated rings. The predicted molar refractivity (Wildman–Crippen MR) is 156 cm³/mol. The quantitative estimate of drug-likeness (QED) is 0.0652. The highest BCUT2D eigenvalue weighted by Gasteiger charge is 2.33. The van der Waals surface area contributed by atoms with E-state index >= 15 is 0 Å². The summed E-state index contributed by atoms with van der Waals surface area (Å²) in [5.41, 5.74) is -1.94. The zero-order chi connectivity index (χ0) is 31.4. The summed E-state index contributed by atoms with van der Waals surface area (Å²) in [5.74, 6) is -0.262. The molecular formula is C25H48N4O9S2. The number of hydrogen-bond acceptors (Lipinski definition) is 11. The molecule has 2 atom stereocenters. The Labute approximate surface area is 244 Å². The van der Waals surface area contributed by atoms with Crippen LogP contribution in [0.15, 0.2) is 0 Å². The van der Waals surface area contributed by atoms with E-state index in [0.29, 0.717) is 24.6 Å². The van der Waals surface area contributed by atoms with Crippen LogP contribution < -0.4 is 21.3 Å². The fourth-order valence-electron chi connectivity index (χ4n) is 2.43. The minimum absolute atomic E-state index is 0.0699. The van der Waals surface area contributed by atoms with Crippen molar-refractivity contribution in [3.63, 3.8) is 0 Å². The van der Waals surface area contributed by atoms with Gasteiger partial charge in [0.2, 0.25) is 23.6 Å². The first-order valence-electron chi connectivity index (χ1n) is 12.9. The van der Waals surface area contributed by atoms with Crippen molar-refractivity contribution >= 4 is 51.0 Å². The van der Waals surface area contributed by atoms with Gasteiger partial charge in [-0.3, -0.25) is 19.2 Å². The number of Topliss-reactive ketones (excluding diaryl/α,β-unsaturated/α-hetero) is 1. The third-order valence-corrected chi connectivity index (χ3v) is 7.60. The number of aliphatic hydroxyl groups is 4. The Bertz CT molecular complexity index is 736. The van der Waals surface area contributed by atoms with Crippen molar-refractivity contribution in [2.75, 3.05) is 50.9 Å². The number of aliphatic hydroxyl groups excluding tert-OH is 4. The van der Waals surface area contributed by atoms with Crippen LogP contribution in [0.4, 0.5) is 0 Å². The molecule has 0 aliphatic carbocycles. The normalized spacial score (nSPS) is 12.8. The van der Waals surface area contributed by atoms with Gasteiger partial charge in [0.05, 0.1) is 13.2 Å². The molecular weight excluding hydrogens is 564 g/mol. The number of carbonyl (C=O) groups is 5. The lowest BCUT2D eigenvalue weighted by Gasteiger charge is -2.27. The Morgan fingerprint density at radius 1 is 0.625 bits per heavy atom. The van der Waals surface area contributed by atoms with E-state index in [1.165, 1.54) is 35.4 Å². The number of rotatable bonds is 19. The summed E-state index contributed by atoms with van der Waals surface area (Å²) in [6, 6.07) is 0. The van der Waals surface area contributed by atoms with Gasteiger partial charge in [-0.05, 0) is 13.8 Å². The number of amides is 4. The van der Waals surface area contributed by atoms with Gasteiger partial charge in [-0.2, -0.15) is 0 Å². The topological polar surface area (TPSA) is 214 Å². The lowest BCUT2D eigenvalue weighted by atomic mass is 9.87. The van der Waals surface area contributed by atoms with Crippen LogP contribution in [0.5, 0.6) is 0 Å². The van der Waals surface area contributed by atoms with E-state index in [1.54, 1.807) is 27.7 Å². The number of hydrogen-bond donors (Lipinski definition) is 8. The van der Waals surface area contributed by atoms with Gasteiger partial charge in [0, 0.05) is 61.4 Å². The second kappa shape index (κ2) is 21.8. The van der Waals surface area contributed by atoms with Crippen LogP contribution in [-0.4, -0.2) is 113 Å². The molecule has 0 bridgehead atoms. The van der Waals surface area contributed by atoms with Crippen LogP contribution in [0.3, 0.4) is 0 Å². The van der Waals surface area contributed by atoms with Gasteiger partial charge in [0.1, 0.15) is 18.0 Å². The summed E-state index contributed by atoms with van der Waals surface area (Å²) in [6.45, 7) is 9.65. The Kier molecular flexibility index (Phi) is 21.9. The minimum Gasteiger partial charge on any atom is -0.396 e. The lowest BCUT2D eigenvalue weighted by Crippen LogP contribution is -2.46. The molecule has 0 aromatic carbocycles. The summed E-state index contributed by atoms with van der Waals surface area (Å²) < 4.78 is 0. The van der Waals surface area contributed by atoms with Crippen molar-refractivity contribution in [1.29, 1.82) is 0 Å². The van der Waals surface area contributed by atoms with Crippen molar-refractivity contribution in [2.24, 2.45) is 10.8 Å². The molecule has 0 rings (SSSR count). The Balaban J connectivity index is 0. The van der Waals surface area contributed by atoms with Crippen LogP contribution in [0.25, 0.3) is 0 Å². The third-order valence-electron chi connectivity index (χ3n) is 5.19. The van der Waals surface area contributed by atoms with Gasteiger partial charge >= 0.3 is 0 Å². The van der Waals surface area contributed by atoms with E-state index in [2.05, 4.69) is 21.3 Å². The molecule has 0 radical (unpaired) electrons. The van der Waals surface area contributed by atoms with Gasteiger partial charge in [-0.15, -0.1) is 0 Å². The molecule has 0 aromatic heterocycles. The molecule has 0 aromatic rings. The summed E-state index contributed by atoms with van der Waals surface area (Å²) in [5, 5.41) is 48.5. The van der Waals surface area contributed by atoms with E-state index in [9.17, 15) is 44.4 Å². The minimum atomic E-state index is -1.37. The van der Waals surface area contributed by atoms with Crippen molar-refractivity contribution in [1.82, 2.24) is 21.3 Å². The second-order valence-electron chi connectivity index (χ2n) is 10.4. The van der Waals surface area contributed by atoms with Gasteiger partial charge < -0.3 is 46.5 Å². The molecule has 0 aliphatic rings. The van der Waals surface area contributed by atoms with Crippen LogP contribution in [0.1, 0.15) is 54.4 Å². The molecule has 2 unspecified atom stereocenters. The Hall–Kier alpha value is -1.91. The summed E-state index contributed by atoms with van der Waals surface area (Å²) >= 11 is 0. The van der Waals surface area contributed by atoms with Gasteiger partial charge in [0.25, 0.3) is 0 Å². The first-order chi connectivity index (χ1) is 18.5. The molecule has 0 aliphatic heterocycles. The smallest absolute Gasteiger partial charge is 0.249 e. The molecule has 0 heterocycles. The number of ketones is 1. The highest BCUT2D eigenvalue weighted by atomic mass is 33.1. The highest BCUT2D eigenvalue weighted by Crippen LogP contribution is 2.20. The van der Waals surface area contributed by atoms with E-state index in [1.807, 2.05) is 0 Å². The fourth-order valence-corrected chi connectivity index (χ4v) is 4.25. The molecule has 0 saturated heterocycles. The standard InChI is InChI=1S/C22H42N4O8S2.C3H6O/c1-21(2,13-27)17(31)19(33)25-7-5-15(29)23-9-11-35-36-12-10-24-16(30)6-8-26-20(34)18(32)22(3,4)14-28;1-3(2)4/h17-18,27-28,31-32H,5-14H2,1-4H3,(H,23,29)(H,24,30)(H,25,33)(H,26,34);1-2H3. The van der Waals surface area contributed by atoms with Gasteiger partial charge in [0.15, 0.2) is 0 Å². The molecule has 8 N–H and O–H groups in total. The van der Waals surface area contributed by atoms with Crippen molar-refractivity contribution in [3.8, 4) is 0 Å². The highest BCUT2D eigenvalue weighted by molar-refractivity contribution is 8.76. The zero-order valence-electron chi connectivity index (χ0n) is 24.4. The lowest BCUT2D eigenvalue weighted by molar-refractivity contribution is -0.137. The number of carbonyl (C=O) groups excluding carboxylic acids is 5. The van der Waals surface area contributed by atoms with Gasteiger partial charge in [-0.25, -0.2) is 0 Å². The molecule has 40 heavy (non-hydrogen) atoms. The molecule has 0 saturated carbocycles.